The first-order chi connectivity index (χ1) is 11.5. The van der Waals surface area contributed by atoms with E-state index in [9.17, 15) is 9.90 Å². The van der Waals surface area contributed by atoms with E-state index in [0.717, 1.165) is 5.84 Å². The fourth-order valence-electron chi connectivity index (χ4n) is 4.05. The van der Waals surface area contributed by atoms with Gasteiger partial charge in [0.25, 0.3) is 0 Å². The minimum atomic E-state index is -0.768. The third-order valence-electron chi connectivity index (χ3n) is 5.29. The monoisotopic (exact) mass is 363 g/mol. The van der Waals surface area contributed by atoms with Crippen LogP contribution in [0.5, 0.6) is 0 Å². The van der Waals surface area contributed by atoms with Crippen LogP contribution >= 0.6 is 0 Å². The maximum atomic E-state index is 11.8. The lowest BCUT2D eigenvalue weighted by molar-refractivity contribution is -0.143. The van der Waals surface area contributed by atoms with Gasteiger partial charge in [0.2, 0.25) is 0 Å². The number of likely N-dealkylation sites (N-methyl/N-ethyl adjacent to an activating group) is 1. The molecule has 0 spiro atoms. The lowest BCUT2D eigenvalue weighted by atomic mass is 9.70. The van der Waals surface area contributed by atoms with Crippen molar-refractivity contribution in [2.75, 3.05) is 20.1 Å². The molecule has 2 rings (SSSR count). The van der Waals surface area contributed by atoms with Gasteiger partial charge in [0.1, 0.15) is 11.9 Å². The highest BCUT2D eigenvalue weighted by molar-refractivity contribution is 5.91. The van der Waals surface area contributed by atoms with E-state index in [2.05, 4.69) is 67.2 Å². The summed E-state index contributed by atoms with van der Waals surface area (Å²) >= 11 is 0. The van der Waals surface area contributed by atoms with Crippen molar-refractivity contribution in [3.63, 3.8) is 0 Å². The number of amidine groups is 1. The molecule has 148 valence electrons. The summed E-state index contributed by atoms with van der Waals surface area (Å²) < 4.78 is 0. The van der Waals surface area contributed by atoms with Crippen molar-refractivity contribution < 1.29 is 9.90 Å². The van der Waals surface area contributed by atoms with Crippen LogP contribution in [0.2, 0.25) is 0 Å². The number of nitrogens with zero attached hydrogens (tertiary/aromatic N) is 3. The molecule has 1 N–H and O–H groups in total. The summed E-state index contributed by atoms with van der Waals surface area (Å²) in [5.74, 6) is 0.245. The first-order valence-electron chi connectivity index (χ1n) is 9.57. The SMILES string of the molecule is CN1CC2=C(C(C)(C)C)C(C(C)(C)C)N=C(C(C)(C)C)N2CC1C(=O)O. The van der Waals surface area contributed by atoms with Gasteiger partial charge >= 0.3 is 5.97 Å². The molecule has 2 aliphatic rings. The molecule has 2 aliphatic heterocycles. The largest absolute Gasteiger partial charge is 0.480 e. The minimum Gasteiger partial charge on any atom is -0.480 e. The molecule has 5 heteroatoms. The number of rotatable bonds is 1. The first kappa shape index (κ1) is 20.9. The van der Waals surface area contributed by atoms with Crippen LogP contribution in [0.25, 0.3) is 0 Å². The molecule has 5 nitrogen and oxygen atoms in total. The number of hydrogen-bond acceptors (Lipinski definition) is 4. The van der Waals surface area contributed by atoms with Crippen molar-refractivity contribution in [2.45, 2.75) is 74.4 Å². The van der Waals surface area contributed by atoms with Gasteiger partial charge in [-0.05, 0) is 23.5 Å². The molecule has 0 aromatic rings. The maximum Gasteiger partial charge on any atom is 0.322 e. The van der Waals surface area contributed by atoms with Crippen molar-refractivity contribution in [1.82, 2.24) is 9.80 Å². The molecule has 0 aromatic carbocycles. The lowest BCUT2D eigenvalue weighted by Gasteiger charge is -2.51. The van der Waals surface area contributed by atoms with E-state index in [0.29, 0.717) is 13.1 Å². The number of aliphatic carboxylic acids is 1. The molecule has 2 unspecified atom stereocenters. The zero-order valence-corrected chi connectivity index (χ0v) is 18.3. The Kier molecular flexibility index (Phi) is 5.13. The highest BCUT2D eigenvalue weighted by Crippen LogP contribution is 2.45. The van der Waals surface area contributed by atoms with Crippen LogP contribution in [-0.2, 0) is 4.79 Å². The van der Waals surface area contributed by atoms with Crippen LogP contribution in [0, 0.1) is 16.2 Å². The summed E-state index contributed by atoms with van der Waals surface area (Å²) in [6.45, 7) is 21.1. The zero-order chi connectivity index (χ0) is 20.2. The molecule has 0 saturated carbocycles. The molecular formula is C21H37N3O2. The number of fused-ring (bicyclic) bond motifs is 1. The topological polar surface area (TPSA) is 56.1 Å². The normalized spacial score (nSPS) is 25.9. The van der Waals surface area contributed by atoms with Crippen molar-refractivity contribution >= 4 is 11.8 Å². The molecular weight excluding hydrogens is 326 g/mol. The predicted molar refractivity (Wildman–Crippen MR) is 107 cm³/mol. The van der Waals surface area contributed by atoms with E-state index < -0.39 is 12.0 Å². The third-order valence-corrected chi connectivity index (χ3v) is 5.29. The standard InChI is InChI=1S/C21H37N3O2/c1-19(2,3)15-13-11-23(10)14(17(25)26)12-24(13)18(21(7,8)9)22-16(15)20(4,5)6/h14,16H,11-12H2,1-10H3,(H,25,26). The quantitative estimate of drug-likeness (QED) is 0.768. The molecule has 0 radical (unpaired) electrons. The lowest BCUT2D eigenvalue weighted by Crippen LogP contribution is -2.60. The van der Waals surface area contributed by atoms with Crippen molar-refractivity contribution in [1.29, 1.82) is 0 Å². The third kappa shape index (κ3) is 3.83. The van der Waals surface area contributed by atoms with Gasteiger partial charge in [-0.15, -0.1) is 0 Å². The zero-order valence-electron chi connectivity index (χ0n) is 18.3. The van der Waals surface area contributed by atoms with E-state index in [-0.39, 0.29) is 22.3 Å². The van der Waals surface area contributed by atoms with Crippen molar-refractivity contribution in [2.24, 2.45) is 21.2 Å². The summed E-state index contributed by atoms with van der Waals surface area (Å²) in [5, 5.41) is 9.67. The fourth-order valence-corrected chi connectivity index (χ4v) is 4.05. The maximum absolute atomic E-state index is 11.8. The molecule has 0 bridgehead atoms. The summed E-state index contributed by atoms with van der Waals surface area (Å²) in [6, 6.07) is -0.420. The van der Waals surface area contributed by atoms with Crippen LogP contribution in [0.3, 0.4) is 0 Å². The average molecular weight is 364 g/mol. The van der Waals surface area contributed by atoms with Gasteiger partial charge in [0.15, 0.2) is 0 Å². The average Bonchev–Trinajstić information content (AvgIpc) is 2.40. The smallest absolute Gasteiger partial charge is 0.322 e. The van der Waals surface area contributed by atoms with Crippen LogP contribution in [0.4, 0.5) is 0 Å². The second-order valence-corrected chi connectivity index (χ2v) is 11.0. The highest BCUT2D eigenvalue weighted by Gasteiger charge is 2.46. The van der Waals surface area contributed by atoms with Gasteiger partial charge in [-0.1, -0.05) is 62.3 Å². The molecule has 1 fully saturated rings. The van der Waals surface area contributed by atoms with Gasteiger partial charge < -0.3 is 10.0 Å². The molecule has 2 atom stereocenters. The predicted octanol–water partition coefficient (Wildman–Crippen LogP) is 3.86. The Morgan fingerprint density at radius 2 is 1.58 bits per heavy atom. The second kappa shape index (κ2) is 6.36. The highest BCUT2D eigenvalue weighted by atomic mass is 16.4. The van der Waals surface area contributed by atoms with Crippen molar-refractivity contribution in [3.05, 3.63) is 11.3 Å². The van der Waals surface area contributed by atoms with E-state index in [1.807, 2.05) is 11.9 Å². The number of aliphatic imine (C=N–C) groups is 1. The Morgan fingerprint density at radius 1 is 1.04 bits per heavy atom. The fraction of sp³-hybridized carbons (Fsp3) is 0.810. The van der Waals surface area contributed by atoms with Crippen LogP contribution in [0.15, 0.2) is 16.3 Å². The number of carboxylic acids is 1. The number of piperazine rings is 1. The Hall–Kier alpha value is -1.36. The van der Waals surface area contributed by atoms with E-state index in [1.54, 1.807) is 0 Å². The summed E-state index contributed by atoms with van der Waals surface area (Å²) in [6.07, 6.45) is 0. The van der Waals surface area contributed by atoms with Crippen LogP contribution < -0.4 is 0 Å². The minimum absolute atomic E-state index is 0.000418. The summed E-state index contributed by atoms with van der Waals surface area (Å²) in [4.78, 5) is 21.2. The Morgan fingerprint density at radius 3 is 1.96 bits per heavy atom. The van der Waals surface area contributed by atoms with Crippen LogP contribution in [0.1, 0.15) is 62.3 Å². The molecule has 0 aliphatic carbocycles. The molecule has 1 saturated heterocycles. The molecule has 0 aromatic heterocycles. The Labute approximate surface area is 159 Å². The number of carbonyl (C=O) groups is 1. The van der Waals surface area contributed by atoms with Crippen molar-refractivity contribution in [3.8, 4) is 0 Å². The van der Waals surface area contributed by atoms with Gasteiger partial charge in [0, 0.05) is 17.7 Å². The van der Waals surface area contributed by atoms with Crippen LogP contribution in [-0.4, -0.2) is 58.9 Å². The Balaban J connectivity index is 2.71. The summed E-state index contributed by atoms with van der Waals surface area (Å²) in [7, 11) is 1.91. The second-order valence-electron chi connectivity index (χ2n) is 11.0. The van der Waals surface area contributed by atoms with E-state index in [1.165, 1.54) is 11.3 Å². The number of hydrogen-bond donors (Lipinski definition) is 1. The van der Waals surface area contributed by atoms with E-state index in [4.69, 9.17) is 4.99 Å². The van der Waals surface area contributed by atoms with E-state index >= 15 is 0 Å². The molecule has 0 amide bonds. The first-order valence-corrected chi connectivity index (χ1v) is 9.57. The summed E-state index contributed by atoms with van der Waals surface area (Å²) in [5.41, 5.74) is 2.42. The number of carboxylic acid groups (broad SMARTS) is 1. The Bertz CT molecular complexity index is 642. The van der Waals surface area contributed by atoms with Gasteiger partial charge in [-0.3, -0.25) is 14.7 Å². The molecule has 26 heavy (non-hydrogen) atoms. The van der Waals surface area contributed by atoms with Gasteiger partial charge in [-0.2, -0.15) is 0 Å². The van der Waals surface area contributed by atoms with Gasteiger partial charge in [0.05, 0.1) is 12.6 Å². The van der Waals surface area contributed by atoms with Gasteiger partial charge in [-0.25, -0.2) is 0 Å². The molecule has 2 heterocycles.